The molecule has 0 aromatic heterocycles. The third kappa shape index (κ3) is 3.22. The van der Waals surface area contributed by atoms with Crippen LogP contribution in [0, 0.1) is 0 Å². The maximum Gasteiger partial charge on any atom is 0.329 e. The molecule has 0 aromatic rings. The number of carboxylic acids is 1. The zero-order valence-electron chi connectivity index (χ0n) is 11.4. The normalized spacial score (nSPS) is 25.8. The Morgan fingerprint density at radius 1 is 1.44 bits per heavy atom. The fourth-order valence-corrected chi connectivity index (χ4v) is 2.32. The van der Waals surface area contributed by atoms with E-state index in [-0.39, 0.29) is 12.0 Å². The first-order chi connectivity index (χ1) is 8.41. The number of methoxy groups -OCH3 is 1. The van der Waals surface area contributed by atoms with Crippen molar-refractivity contribution in [1.29, 1.82) is 0 Å². The molecule has 0 bridgehead atoms. The van der Waals surface area contributed by atoms with Crippen LogP contribution in [-0.2, 0) is 14.3 Å². The summed E-state index contributed by atoms with van der Waals surface area (Å²) < 4.78 is 5.10. The predicted molar refractivity (Wildman–Crippen MR) is 67.3 cm³/mol. The minimum absolute atomic E-state index is 0.0230. The highest BCUT2D eigenvalue weighted by Crippen LogP contribution is 2.29. The fourth-order valence-electron chi connectivity index (χ4n) is 2.32. The van der Waals surface area contributed by atoms with E-state index in [4.69, 9.17) is 4.74 Å². The summed E-state index contributed by atoms with van der Waals surface area (Å²) in [4.78, 5) is 25.0. The molecule has 1 N–H and O–H groups in total. The number of rotatable bonds is 5. The Balaban J connectivity index is 2.66. The second-order valence-electron chi connectivity index (χ2n) is 5.17. The van der Waals surface area contributed by atoms with Crippen LogP contribution in [0.4, 0.5) is 0 Å². The van der Waals surface area contributed by atoms with E-state index in [1.165, 1.54) is 4.90 Å². The largest absolute Gasteiger partial charge is 0.480 e. The highest BCUT2D eigenvalue weighted by molar-refractivity contribution is 5.87. The average molecular weight is 257 g/mol. The Kier molecular flexibility index (Phi) is 5.14. The lowest BCUT2D eigenvalue weighted by atomic mass is 9.88. The van der Waals surface area contributed by atoms with E-state index in [0.717, 1.165) is 12.8 Å². The third-order valence-corrected chi connectivity index (χ3v) is 3.82. The lowest BCUT2D eigenvalue weighted by Crippen LogP contribution is -2.57. The Morgan fingerprint density at radius 3 is 2.67 bits per heavy atom. The Hall–Kier alpha value is -1.10. The molecule has 2 unspecified atom stereocenters. The molecule has 1 rings (SSSR count). The van der Waals surface area contributed by atoms with Gasteiger partial charge in [-0.05, 0) is 39.5 Å². The third-order valence-electron chi connectivity index (χ3n) is 3.82. The van der Waals surface area contributed by atoms with Gasteiger partial charge in [-0.1, -0.05) is 0 Å². The van der Waals surface area contributed by atoms with Crippen LogP contribution in [0.15, 0.2) is 0 Å². The quantitative estimate of drug-likeness (QED) is 0.813. The van der Waals surface area contributed by atoms with E-state index in [1.807, 2.05) is 6.92 Å². The number of ether oxygens (including phenoxy) is 1. The molecule has 5 nitrogen and oxygen atoms in total. The van der Waals surface area contributed by atoms with Crippen molar-refractivity contribution in [2.45, 2.75) is 57.6 Å². The first-order valence-electron chi connectivity index (χ1n) is 6.48. The van der Waals surface area contributed by atoms with Gasteiger partial charge in [0.2, 0.25) is 5.91 Å². The van der Waals surface area contributed by atoms with E-state index in [9.17, 15) is 14.7 Å². The summed E-state index contributed by atoms with van der Waals surface area (Å²) >= 11 is 0. The van der Waals surface area contributed by atoms with E-state index in [2.05, 4.69) is 0 Å². The van der Waals surface area contributed by atoms with Crippen molar-refractivity contribution in [1.82, 2.24) is 4.90 Å². The molecular weight excluding hydrogens is 234 g/mol. The number of carbonyl (C=O) groups excluding carboxylic acids is 1. The molecule has 1 aliphatic rings. The van der Waals surface area contributed by atoms with Gasteiger partial charge in [0.15, 0.2) is 0 Å². The molecule has 5 heteroatoms. The minimum Gasteiger partial charge on any atom is -0.480 e. The molecule has 0 aliphatic carbocycles. The summed E-state index contributed by atoms with van der Waals surface area (Å²) in [6.45, 7) is 4.09. The summed E-state index contributed by atoms with van der Waals surface area (Å²) in [7, 11) is 1.61. The lowest BCUT2D eigenvalue weighted by Gasteiger charge is -2.41. The van der Waals surface area contributed by atoms with Crippen LogP contribution in [-0.4, -0.2) is 47.2 Å². The number of amides is 1. The molecule has 0 spiro atoms. The van der Waals surface area contributed by atoms with E-state index < -0.39 is 11.5 Å². The van der Waals surface area contributed by atoms with Crippen molar-refractivity contribution < 1.29 is 19.4 Å². The maximum absolute atomic E-state index is 12.1. The van der Waals surface area contributed by atoms with Gasteiger partial charge in [-0.3, -0.25) is 4.79 Å². The van der Waals surface area contributed by atoms with Gasteiger partial charge in [0, 0.05) is 20.1 Å². The number of piperidine rings is 1. The summed E-state index contributed by atoms with van der Waals surface area (Å²) in [5.74, 6) is -0.987. The Labute approximate surface area is 108 Å². The van der Waals surface area contributed by atoms with Gasteiger partial charge in [0.25, 0.3) is 0 Å². The zero-order chi connectivity index (χ0) is 13.8. The SMILES string of the molecule is COC(C)CCC(=O)N1CCCCC1(C)C(=O)O. The standard InChI is InChI=1S/C13H23NO4/c1-10(18-3)6-7-11(15)14-9-5-4-8-13(14,2)12(16)17/h10H,4-9H2,1-3H3,(H,16,17). The average Bonchev–Trinajstić information content (AvgIpc) is 2.35. The molecule has 1 aliphatic heterocycles. The maximum atomic E-state index is 12.1. The van der Waals surface area contributed by atoms with Gasteiger partial charge >= 0.3 is 5.97 Å². The Bertz CT molecular complexity index is 318. The van der Waals surface area contributed by atoms with Gasteiger partial charge in [0.05, 0.1) is 6.10 Å². The van der Waals surface area contributed by atoms with Crippen molar-refractivity contribution in [3.8, 4) is 0 Å². The molecular formula is C13H23NO4. The van der Waals surface area contributed by atoms with Crippen LogP contribution in [0.2, 0.25) is 0 Å². The fraction of sp³-hybridized carbons (Fsp3) is 0.846. The summed E-state index contributed by atoms with van der Waals surface area (Å²) in [5.41, 5.74) is -1.04. The van der Waals surface area contributed by atoms with Crippen LogP contribution >= 0.6 is 0 Å². The van der Waals surface area contributed by atoms with Crippen molar-refractivity contribution >= 4 is 11.9 Å². The van der Waals surface area contributed by atoms with Gasteiger partial charge in [0.1, 0.15) is 5.54 Å². The number of aliphatic carboxylic acids is 1. The molecule has 2 atom stereocenters. The molecule has 0 saturated carbocycles. The molecule has 0 radical (unpaired) electrons. The van der Waals surface area contributed by atoms with Gasteiger partial charge in [-0.25, -0.2) is 4.79 Å². The number of carboxylic acid groups (broad SMARTS) is 1. The number of hydrogen-bond acceptors (Lipinski definition) is 3. The van der Waals surface area contributed by atoms with Crippen LogP contribution in [0.3, 0.4) is 0 Å². The monoisotopic (exact) mass is 257 g/mol. The van der Waals surface area contributed by atoms with E-state index >= 15 is 0 Å². The van der Waals surface area contributed by atoms with Crippen molar-refractivity contribution in [2.75, 3.05) is 13.7 Å². The summed E-state index contributed by atoms with van der Waals surface area (Å²) in [6, 6.07) is 0. The highest BCUT2D eigenvalue weighted by Gasteiger charge is 2.43. The topological polar surface area (TPSA) is 66.8 Å². The molecule has 1 heterocycles. The van der Waals surface area contributed by atoms with Crippen molar-refractivity contribution in [3.63, 3.8) is 0 Å². The molecule has 1 amide bonds. The molecule has 0 aromatic carbocycles. The van der Waals surface area contributed by atoms with E-state index in [0.29, 0.717) is 25.8 Å². The second kappa shape index (κ2) is 6.18. The van der Waals surface area contributed by atoms with Crippen LogP contribution < -0.4 is 0 Å². The van der Waals surface area contributed by atoms with Crippen LogP contribution in [0.5, 0.6) is 0 Å². The molecule has 1 fully saturated rings. The van der Waals surface area contributed by atoms with E-state index in [1.54, 1.807) is 14.0 Å². The van der Waals surface area contributed by atoms with Gasteiger partial charge in [-0.15, -0.1) is 0 Å². The summed E-state index contributed by atoms with van der Waals surface area (Å²) in [5, 5.41) is 9.32. The van der Waals surface area contributed by atoms with Crippen LogP contribution in [0.25, 0.3) is 0 Å². The molecule has 104 valence electrons. The Morgan fingerprint density at radius 2 is 2.11 bits per heavy atom. The number of nitrogens with zero attached hydrogens (tertiary/aromatic N) is 1. The zero-order valence-corrected chi connectivity index (χ0v) is 11.4. The first-order valence-corrected chi connectivity index (χ1v) is 6.48. The van der Waals surface area contributed by atoms with Gasteiger partial charge < -0.3 is 14.7 Å². The number of likely N-dealkylation sites (tertiary alicyclic amines) is 1. The van der Waals surface area contributed by atoms with Crippen molar-refractivity contribution in [2.24, 2.45) is 0 Å². The summed E-state index contributed by atoms with van der Waals surface area (Å²) in [6.07, 6.45) is 3.28. The first kappa shape index (κ1) is 15.0. The highest BCUT2D eigenvalue weighted by atomic mass is 16.5. The van der Waals surface area contributed by atoms with Crippen molar-refractivity contribution in [3.05, 3.63) is 0 Å². The molecule has 18 heavy (non-hydrogen) atoms. The second-order valence-corrected chi connectivity index (χ2v) is 5.17. The van der Waals surface area contributed by atoms with Gasteiger partial charge in [-0.2, -0.15) is 0 Å². The minimum atomic E-state index is -1.04. The number of hydrogen-bond donors (Lipinski definition) is 1. The number of carbonyl (C=O) groups is 2. The predicted octanol–water partition coefficient (Wildman–Crippen LogP) is 1.66. The lowest BCUT2D eigenvalue weighted by molar-refractivity contribution is -0.161. The molecule has 1 saturated heterocycles. The van der Waals surface area contributed by atoms with Crippen LogP contribution in [0.1, 0.15) is 46.0 Å². The smallest absolute Gasteiger partial charge is 0.329 e.